The second-order valence-corrected chi connectivity index (χ2v) is 7.35. The molecule has 1 heterocycles. The van der Waals surface area contributed by atoms with Gasteiger partial charge >= 0.3 is 0 Å². The highest BCUT2D eigenvalue weighted by atomic mass is 35.5. The van der Waals surface area contributed by atoms with Crippen LogP contribution in [0.25, 0.3) is 0 Å². The van der Waals surface area contributed by atoms with Crippen LogP contribution in [0.4, 0.5) is 0 Å². The molecule has 0 radical (unpaired) electrons. The number of hydrogen-bond donors (Lipinski definition) is 1. The molecular formula is C22H29ClN2O. The summed E-state index contributed by atoms with van der Waals surface area (Å²) in [5.74, 6) is 0.362. The summed E-state index contributed by atoms with van der Waals surface area (Å²) < 4.78 is 0. The van der Waals surface area contributed by atoms with Gasteiger partial charge in [-0.3, -0.25) is 4.79 Å². The van der Waals surface area contributed by atoms with Gasteiger partial charge in [0.15, 0.2) is 0 Å². The zero-order chi connectivity index (χ0) is 18.0. The number of likely N-dealkylation sites (tertiary alicyclic amines) is 1. The maximum atomic E-state index is 13.1. The normalized spacial score (nSPS) is 21.8. The van der Waals surface area contributed by atoms with Gasteiger partial charge in [0.2, 0.25) is 5.91 Å². The molecule has 1 aliphatic rings. The van der Waals surface area contributed by atoms with Crippen LogP contribution in [0.15, 0.2) is 54.6 Å². The SMILES string of the molecule is Cc1ccccc1C1CC(C)N(C(=O)C(C)C(N)c2ccccc2)C1.Cl. The predicted octanol–water partition coefficient (Wildman–Crippen LogP) is 4.46. The Morgan fingerprint density at radius 3 is 2.38 bits per heavy atom. The number of benzene rings is 2. The number of carbonyl (C=O) groups is 1. The maximum Gasteiger partial charge on any atom is 0.227 e. The van der Waals surface area contributed by atoms with Crippen LogP contribution >= 0.6 is 12.4 Å². The third-order valence-electron chi connectivity index (χ3n) is 5.60. The maximum absolute atomic E-state index is 13.1. The Morgan fingerprint density at radius 1 is 1.12 bits per heavy atom. The third-order valence-corrected chi connectivity index (χ3v) is 5.60. The predicted molar refractivity (Wildman–Crippen MR) is 109 cm³/mol. The van der Waals surface area contributed by atoms with E-state index in [4.69, 9.17) is 5.73 Å². The van der Waals surface area contributed by atoms with Crippen molar-refractivity contribution >= 4 is 18.3 Å². The quantitative estimate of drug-likeness (QED) is 0.861. The fourth-order valence-electron chi connectivity index (χ4n) is 3.99. The summed E-state index contributed by atoms with van der Waals surface area (Å²) in [6, 6.07) is 18.4. The van der Waals surface area contributed by atoms with Gasteiger partial charge < -0.3 is 10.6 Å². The molecule has 2 aromatic rings. The van der Waals surface area contributed by atoms with Crippen molar-refractivity contribution in [1.29, 1.82) is 0 Å². The van der Waals surface area contributed by atoms with Crippen molar-refractivity contribution in [1.82, 2.24) is 4.90 Å². The minimum atomic E-state index is -0.265. The largest absolute Gasteiger partial charge is 0.339 e. The lowest BCUT2D eigenvalue weighted by Gasteiger charge is -2.28. The Balaban J connectivity index is 0.00000243. The van der Waals surface area contributed by atoms with E-state index >= 15 is 0 Å². The number of amides is 1. The van der Waals surface area contributed by atoms with Gasteiger partial charge in [0, 0.05) is 24.5 Å². The number of carbonyl (C=O) groups excluding carboxylic acids is 1. The molecule has 0 bridgehead atoms. The first kappa shape index (κ1) is 20.5. The van der Waals surface area contributed by atoms with E-state index in [2.05, 4.69) is 38.1 Å². The Bertz CT molecular complexity index is 734. The lowest BCUT2D eigenvalue weighted by Crippen LogP contribution is -2.41. The first-order valence-electron chi connectivity index (χ1n) is 9.15. The minimum absolute atomic E-state index is 0. The van der Waals surface area contributed by atoms with E-state index in [1.165, 1.54) is 11.1 Å². The molecule has 2 aromatic carbocycles. The van der Waals surface area contributed by atoms with Crippen LogP contribution in [0.5, 0.6) is 0 Å². The lowest BCUT2D eigenvalue weighted by molar-refractivity contribution is -0.136. The van der Waals surface area contributed by atoms with Crippen LogP contribution < -0.4 is 5.73 Å². The molecule has 4 unspecified atom stereocenters. The van der Waals surface area contributed by atoms with Gasteiger partial charge in [-0.1, -0.05) is 61.5 Å². The Morgan fingerprint density at radius 2 is 1.73 bits per heavy atom. The number of halogens is 1. The van der Waals surface area contributed by atoms with E-state index in [1.807, 2.05) is 42.2 Å². The summed E-state index contributed by atoms with van der Waals surface area (Å²) in [5, 5.41) is 0. The molecule has 2 N–H and O–H groups in total. The second-order valence-electron chi connectivity index (χ2n) is 7.35. The second kappa shape index (κ2) is 8.70. The molecule has 3 rings (SSSR count). The molecule has 4 atom stereocenters. The number of aryl methyl sites for hydroxylation is 1. The van der Waals surface area contributed by atoms with Crippen molar-refractivity contribution in [2.45, 2.75) is 45.2 Å². The summed E-state index contributed by atoms with van der Waals surface area (Å²) in [7, 11) is 0. The molecule has 1 aliphatic heterocycles. The van der Waals surface area contributed by atoms with Crippen LogP contribution in [0, 0.1) is 12.8 Å². The minimum Gasteiger partial charge on any atom is -0.339 e. The van der Waals surface area contributed by atoms with Crippen molar-refractivity contribution in [3.63, 3.8) is 0 Å². The van der Waals surface area contributed by atoms with E-state index in [0.29, 0.717) is 5.92 Å². The van der Waals surface area contributed by atoms with Crippen LogP contribution in [-0.2, 0) is 4.79 Å². The van der Waals surface area contributed by atoms with Gasteiger partial charge in [0.25, 0.3) is 0 Å². The third kappa shape index (κ3) is 4.11. The summed E-state index contributed by atoms with van der Waals surface area (Å²) in [4.78, 5) is 15.1. The molecule has 0 aliphatic carbocycles. The number of nitrogens with two attached hydrogens (primary N) is 1. The Labute approximate surface area is 163 Å². The summed E-state index contributed by atoms with van der Waals surface area (Å²) in [6.45, 7) is 7.04. The molecule has 0 saturated carbocycles. The van der Waals surface area contributed by atoms with Crippen molar-refractivity contribution in [2.24, 2.45) is 11.7 Å². The highest BCUT2D eigenvalue weighted by Gasteiger charge is 2.37. The zero-order valence-corrected chi connectivity index (χ0v) is 16.6. The van der Waals surface area contributed by atoms with Gasteiger partial charge in [0.1, 0.15) is 0 Å². The topological polar surface area (TPSA) is 46.3 Å². The fourth-order valence-corrected chi connectivity index (χ4v) is 3.99. The van der Waals surface area contributed by atoms with Crippen LogP contribution in [0.1, 0.15) is 48.9 Å². The molecular weight excluding hydrogens is 344 g/mol. The van der Waals surface area contributed by atoms with E-state index in [-0.39, 0.29) is 36.3 Å². The standard InChI is InChI=1S/C22H28N2O.ClH/c1-15-9-7-8-12-20(15)19-13-16(2)24(14-19)22(25)17(3)21(23)18-10-5-4-6-11-18;/h4-12,16-17,19,21H,13-14,23H2,1-3H3;1H. The van der Waals surface area contributed by atoms with E-state index in [9.17, 15) is 4.79 Å². The summed E-state index contributed by atoms with van der Waals surface area (Å²) >= 11 is 0. The average Bonchev–Trinajstić information content (AvgIpc) is 3.02. The van der Waals surface area contributed by atoms with Gasteiger partial charge in [-0.2, -0.15) is 0 Å². The molecule has 26 heavy (non-hydrogen) atoms. The van der Waals surface area contributed by atoms with Crippen molar-refractivity contribution in [3.05, 3.63) is 71.3 Å². The molecule has 140 valence electrons. The van der Waals surface area contributed by atoms with Crippen LogP contribution in [0.3, 0.4) is 0 Å². The van der Waals surface area contributed by atoms with Crippen LogP contribution in [0.2, 0.25) is 0 Å². The molecule has 3 nitrogen and oxygen atoms in total. The highest BCUT2D eigenvalue weighted by molar-refractivity contribution is 5.85. The average molecular weight is 373 g/mol. The van der Waals surface area contributed by atoms with Crippen molar-refractivity contribution < 1.29 is 4.79 Å². The van der Waals surface area contributed by atoms with Gasteiger partial charge in [-0.05, 0) is 37.0 Å². The first-order chi connectivity index (χ1) is 12.0. The van der Waals surface area contributed by atoms with Crippen LogP contribution in [-0.4, -0.2) is 23.4 Å². The van der Waals surface area contributed by atoms with E-state index in [0.717, 1.165) is 18.5 Å². The smallest absolute Gasteiger partial charge is 0.227 e. The Hall–Kier alpha value is -1.84. The molecule has 1 saturated heterocycles. The fraction of sp³-hybridized carbons (Fsp3) is 0.409. The monoisotopic (exact) mass is 372 g/mol. The van der Waals surface area contributed by atoms with Crippen molar-refractivity contribution in [2.75, 3.05) is 6.54 Å². The number of rotatable bonds is 4. The molecule has 4 heteroatoms. The molecule has 0 spiro atoms. The molecule has 1 fully saturated rings. The van der Waals surface area contributed by atoms with Gasteiger partial charge in [0.05, 0.1) is 5.92 Å². The molecule has 0 aromatic heterocycles. The van der Waals surface area contributed by atoms with Gasteiger partial charge in [-0.15, -0.1) is 12.4 Å². The lowest BCUT2D eigenvalue weighted by atomic mass is 9.93. The summed E-state index contributed by atoms with van der Waals surface area (Å²) in [5.41, 5.74) is 10.1. The van der Waals surface area contributed by atoms with Gasteiger partial charge in [-0.25, -0.2) is 0 Å². The first-order valence-corrected chi connectivity index (χ1v) is 9.15. The van der Waals surface area contributed by atoms with E-state index in [1.54, 1.807) is 0 Å². The summed E-state index contributed by atoms with van der Waals surface area (Å²) in [6.07, 6.45) is 1.02. The Kier molecular flexibility index (Phi) is 6.85. The highest BCUT2D eigenvalue weighted by Crippen LogP contribution is 2.35. The molecule has 1 amide bonds. The number of hydrogen-bond acceptors (Lipinski definition) is 2. The van der Waals surface area contributed by atoms with Crippen molar-refractivity contribution in [3.8, 4) is 0 Å². The van der Waals surface area contributed by atoms with E-state index < -0.39 is 0 Å². The number of nitrogens with zero attached hydrogens (tertiary/aromatic N) is 1. The zero-order valence-electron chi connectivity index (χ0n) is 15.8.